The van der Waals surface area contributed by atoms with Crippen LogP contribution in [0.3, 0.4) is 0 Å². The third-order valence-electron chi connectivity index (χ3n) is 5.35. The number of nitrogens with zero attached hydrogens (tertiary/aromatic N) is 2. The summed E-state index contributed by atoms with van der Waals surface area (Å²) < 4.78 is 5.45. The molecule has 1 atom stereocenters. The second-order valence-corrected chi connectivity index (χ2v) is 7.52. The van der Waals surface area contributed by atoms with E-state index >= 15 is 0 Å². The van der Waals surface area contributed by atoms with Gasteiger partial charge in [-0.15, -0.1) is 0 Å². The molecule has 2 aromatic rings. The second kappa shape index (κ2) is 9.05. The van der Waals surface area contributed by atoms with Gasteiger partial charge in [-0.2, -0.15) is 0 Å². The van der Waals surface area contributed by atoms with Gasteiger partial charge in [-0.3, -0.25) is 4.79 Å². The first kappa shape index (κ1) is 19.4. The lowest BCUT2D eigenvalue weighted by Gasteiger charge is -2.36. The minimum atomic E-state index is 0.157. The Balaban J connectivity index is 1.76. The van der Waals surface area contributed by atoms with E-state index in [0.717, 1.165) is 54.8 Å². The first-order valence-electron chi connectivity index (χ1n) is 9.79. The molecule has 0 aliphatic carbocycles. The van der Waals surface area contributed by atoms with Crippen molar-refractivity contribution in [3.63, 3.8) is 0 Å². The molecule has 144 valence electrons. The fourth-order valence-corrected chi connectivity index (χ4v) is 3.82. The fourth-order valence-electron chi connectivity index (χ4n) is 3.82. The Kier molecular flexibility index (Phi) is 6.51. The summed E-state index contributed by atoms with van der Waals surface area (Å²) >= 11 is 0. The van der Waals surface area contributed by atoms with E-state index in [1.165, 1.54) is 6.42 Å². The van der Waals surface area contributed by atoms with E-state index in [1.807, 2.05) is 48.5 Å². The standard InChI is InChI=1S/C23H30N2O2/c1-24(2)17-15-20-8-6-7-16-25(20)23(26)19-13-11-18(12-14-19)21-9-4-5-10-22(21)27-3/h4-5,9-14,20H,6-8,15-17H2,1-3H3/t20-/m0/s1. The van der Waals surface area contributed by atoms with E-state index in [0.29, 0.717) is 6.04 Å². The molecule has 0 radical (unpaired) electrons. The number of ether oxygens (including phenoxy) is 1. The number of carbonyl (C=O) groups excluding carboxylic acids is 1. The van der Waals surface area contributed by atoms with Gasteiger partial charge in [-0.25, -0.2) is 0 Å². The van der Waals surface area contributed by atoms with Crippen LogP contribution in [0.4, 0.5) is 0 Å². The Morgan fingerprint density at radius 3 is 2.56 bits per heavy atom. The fraction of sp³-hybridized carbons (Fsp3) is 0.435. The van der Waals surface area contributed by atoms with Crippen molar-refractivity contribution in [3.05, 3.63) is 54.1 Å². The van der Waals surface area contributed by atoms with Crippen molar-refractivity contribution >= 4 is 5.91 Å². The SMILES string of the molecule is COc1ccccc1-c1ccc(C(=O)N2CCCC[C@H]2CCN(C)C)cc1. The van der Waals surface area contributed by atoms with Crippen LogP contribution in [0.1, 0.15) is 36.0 Å². The van der Waals surface area contributed by atoms with Crippen molar-refractivity contribution in [3.8, 4) is 16.9 Å². The van der Waals surface area contributed by atoms with Gasteiger partial charge in [0.2, 0.25) is 0 Å². The molecular weight excluding hydrogens is 336 g/mol. The van der Waals surface area contributed by atoms with Crippen LogP contribution >= 0.6 is 0 Å². The van der Waals surface area contributed by atoms with Crippen LogP contribution in [-0.4, -0.2) is 56.0 Å². The van der Waals surface area contributed by atoms with Crippen LogP contribution in [0.5, 0.6) is 5.75 Å². The number of rotatable bonds is 6. The second-order valence-electron chi connectivity index (χ2n) is 7.52. The van der Waals surface area contributed by atoms with E-state index in [4.69, 9.17) is 4.74 Å². The van der Waals surface area contributed by atoms with Gasteiger partial charge in [-0.1, -0.05) is 30.3 Å². The molecule has 1 heterocycles. The molecule has 27 heavy (non-hydrogen) atoms. The first-order valence-corrected chi connectivity index (χ1v) is 9.79. The Morgan fingerprint density at radius 2 is 1.85 bits per heavy atom. The average molecular weight is 367 g/mol. The number of para-hydroxylation sites is 1. The minimum absolute atomic E-state index is 0.157. The van der Waals surface area contributed by atoms with Crippen LogP contribution in [0, 0.1) is 0 Å². The summed E-state index contributed by atoms with van der Waals surface area (Å²) in [7, 11) is 5.86. The highest BCUT2D eigenvalue weighted by Gasteiger charge is 2.27. The van der Waals surface area contributed by atoms with E-state index in [2.05, 4.69) is 23.9 Å². The van der Waals surface area contributed by atoms with Gasteiger partial charge in [0.05, 0.1) is 7.11 Å². The van der Waals surface area contributed by atoms with Crippen LogP contribution in [0.15, 0.2) is 48.5 Å². The predicted octanol–water partition coefficient (Wildman–Crippen LogP) is 4.31. The van der Waals surface area contributed by atoms with E-state index in [9.17, 15) is 4.79 Å². The van der Waals surface area contributed by atoms with Gasteiger partial charge < -0.3 is 14.5 Å². The minimum Gasteiger partial charge on any atom is -0.496 e. The summed E-state index contributed by atoms with van der Waals surface area (Å²) in [6, 6.07) is 16.2. The molecule has 4 heteroatoms. The topological polar surface area (TPSA) is 32.8 Å². The Labute approximate surface area is 162 Å². The van der Waals surface area contributed by atoms with Crippen molar-refractivity contribution in [2.45, 2.75) is 31.7 Å². The van der Waals surface area contributed by atoms with Gasteiger partial charge >= 0.3 is 0 Å². The Hall–Kier alpha value is -2.33. The molecule has 1 aliphatic rings. The molecule has 1 aliphatic heterocycles. The number of carbonyl (C=O) groups is 1. The van der Waals surface area contributed by atoms with Crippen molar-refractivity contribution in [1.82, 2.24) is 9.80 Å². The number of hydrogen-bond donors (Lipinski definition) is 0. The highest BCUT2D eigenvalue weighted by molar-refractivity contribution is 5.95. The summed E-state index contributed by atoms with van der Waals surface area (Å²) in [6.45, 7) is 1.88. The third kappa shape index (κ3) is 4.69. The zero-order chi connectivity index (χ0) is 19.2. The zero-order valence-corrected chi connectivity index (χ0v) is 16.6. The van der Waals surface area contributed by atoms with E-state index in [-0.39, 0.29) is 5.91 Å². The highest BCUT2D eigenvalue weighted by Crippen LogP contribution is 2.30. The van der Waals surface area contributed by atoms with Crippen LogP contribution in [0.25, 0.3) is 11.1 Å². The van der Waals surface area contributed by atoms with Crippen LogP contribution < -0.4 is 4.74 Å². The molecule has 4 nitrogen and oxygen atoms in total. The molecule has 0 unspecified atom stereocenters. The molecule has 0 saturated carbocycles. The number of hydrogen-bond acceptors (Lipinski definition) is 3. The maximum absolute atomic E-state index is 13.1. The summed E-state index contributed by atoms with van der Waals surface area (Å²) in [6.07, 6.45) is 4.47. The largest absolute Gasteiger partial charge is 0.496 e. The van der Waals surface area contributed by atoms with Gasteiger partial charge in [0.15, 0.2) is 0 Å². The normalized spacial score (nSPS) is 17.2. The number of amides is 1. The maximum Gasteiger partial charge on any atom is 0.254 e. The average Bonchev–Trinajstić information content (AvgIpc) is 2.72. The predicted molar refractivity (Wildman–Crippen MR) is 110 cm³/mol. The number of benzene rings is 2. The zero-order valence-electron chi connectivity index (χ0n) is 16.6. The summed E-state index contributed by atoms with van der Waals surface area (Å²) in [5, 5.41) is 0. The number of likely N-dealkylation sites (tertiary alicyclic amines) is 1. The molecule has 0 spiro atoms. The van der Waals surface area contributed by atoms with Gasteiger partial charge in [0.1, 0.15) is 5.75 Å². The smallest absolute Gasteiger partial charge is 0.254 e. The van der Waals surface area contributed by atoms with Crippen molar-refractivity contribution in [2.24, 2.45) is 0 Å². The van der Waals surface area contributed by atoms with Gasteiger partial charge in [-0.05, 0) is 70.1 Å². The highest BCUT2D eigenvalue weighted by atomic mass is 16.5. The van der Waals surface area contributed by atoms with E-state index in [1.54, 1.807) is 7.11 Å². The van der Waals surface area contributed by atoms with Gasteiger partial charge in [0.25, 0.3) is 5.91 Å². The van der Waals surface area contributed by atoms with Crippen LogP contribution in [0.2, 0.25) is 0 Å². The molecule has 0 bridgehead atoms. The van der Waals surface area contributed by atoms with Crippen molar-refractivity contribution < 1.29 is 9.53 Å². The Bertz CT molecular complexity index is 755. The Morgan fingerprint density at radius 1 is 1.11 bits per heavy atom. The number of piperidine rings is 1. The molecule has 1 fully saturated rings. The van der Waals surface area contributed by atoms with E-state index < -0.39 is 0 Å². The van der Waals surface area contributed by atoms with Crippen molar-refractivity contribution in [2.75, 3.05) is 34.3 Å². The lowest BCUT2D eigenvalue weighted by molar-refractivity contribution is 0.0591. The molecule has 0 aromatic heterocycles. The first-order chi connectivity index (χ1) is 13.1. The monoisotopic (exact) mass is 366 g/mol. The lowest BCUT2D eigenvalue weighted by atomic mass is 9.97. The molecule has 3 rings (SSSR count). The van der Waals surface area contributed by atoms with Crippen molar-refractivity contribution in [1.29, 1.82) is 0 Å². The lowest BCUT2D eigenvalue weighted by Crippen LogP contribution is -2.44. The third-order valence-corrected chi connectivity index (χ3v) is 5.35. The molecule has 2 aromatic carbocycles. The maximum atomic E-state index is 13.1. The summed E-state index contributed by atoms with van der Waals surface area (Å²) in [5.41, 5.74) is 2.87. The molecule has 1 saturated heterocycles. The van der Waals surface area contributed by atoms with Crippen LogP contribution in [-0.2, 0) is 0 Å². The summed E-state index contributed by atoms with van der Waals surface area (Å²) in [4.78, 5) is 17.4. The molecule has 1 amide bonds. The summed E-state index contributed by atoms with van der Waals surface area (Å²) in [5.74, 6) is 1.00. The van der Waals surface area contributed by atoms with Gasteiger partial charge in [0, 0.05) is 23.7 Å². The number of methoxy groups -OCH3 is 1. The molecule has 0 N–H and O–H groups in total. The quantitative estimate of drug-likeness (QED) is 0.764. The molecular formula is C23H30N2O2.